The molecule has 1 aromatic rings. The van der Waals surface area contributed by atoms with E-state index in [2.05, 4.69) is 31.1 Å². The molecular weight excluding hydrogens is 289 g/mol. The van der Waals surface area contributed by atoms with E-state index in [9.17, 15) is 9.46 Å². The van der Waals surface area contributed by atoms with E-state index in [1.807, 2.05) is 10.9 Å². The predicted molar refractivity (Wildman–Crippen MR) is 83.3 cm³/mol. The second-order valence-electron chi connectivity index (χ2n) is 7.56. The van der Waals surface area contributed by atoms with Gasteiger partial charge in [0.15, 0.2) is 0 Å². The monoisotopic (exact) mass is 317 g/mol. The molecule has 1 unspecified atom stereocenters. The largest absolute Gasteiger partial charge is 0.333 e. The van der Waals surface area contributed by atoms with Crippen LogP contribution < -0.4 is 0 Å². The van der Waals surface area contributed by atoms with Crippen molar-refractivity contribution < 1.29 is 14.0 Å². The third-order valence-corrected chi connectivity index (χ3v) is 5.38. The lowest BCUT2D eigenvalue weighted by Crippen LogP contribution is -2.17. The molecular formula is C14H28N3O3P. The molecule has 0 bridgehead atoms. The smallest absolute Gasteiger partial charge is 0.324 e. The van der Waals surface area contributed by atoms with E-state index in [0.29, 0.717) is 6.42 Å². The van der Waals surface area contributed by atoms with Gasteiger partial charge in [0.05, 0.1) is 17.5 Å². The number of hydrogen-bond acceptors (Lipinski definition) is 4. The molecule has 122 valence electrons. The molecule has 7 heteroatoms. The lowest BCUT2D eigenvalue weighted by Gasteiger charge is -2.24. The van der Waals surface area contributed by atoms with Crippen molar-refractivity contribution >= 4 is 7.60 Å². The summed E-state index contributed by atoms with van der Waals surface area (Å²) in [5, 5.41) is 7.36. The maximum Gasteiger partial charge on any atom is 0.333 e. The summed E-state index contributed by atoms with van der Waals surface area (Å²) in [5.74, 6) is 0. The SMILES string of the molecule is CC(C)(C)CCn1cc(CCOP(=O)(O)C(C)(C)C)nn1. The molecule has 1 aromatic heterocycles. The van der Waals surface area contributed by atoms with E-state index in [4.69, 9.17) is 4.52 Å². The fourth-order valence-electron chi connectivity index (χ4n) is 1.48. The summed E-state index contributed by atoms with van der Waals surface area (Å²) in [4.78, 5) is 9.80. The standard InChI is InChI=1S/C14H28N3O3P/c1-13(2,3)8-9-17-11-12(15-16-17)7-10-20-21(18,19)14(4,5)6/h11H,7-10H2,1-6H3,(H,18,19). The highest BCUT2D eigenvalue weighted by atomic mass is 31.2. The molecule has 0 aliphatic carbocycles. The zero-order chi connectivity index (χ0) is 16.3. The lowest BCUT2D eigenvalue weighted by atomic mass is 9.92. The Morgan fingerprint density at radius 1 is 1.29 bits per heavy atom. The van der Waals surface area contributed by atoms with Gasteiger partial charge in [0.25, 0.3) is 0 Å². The maximum atomic E-state index is 11.9. The Balaban J connectivity index is 2.44. The first-order chi connectivity index (χ1) is 9.41. The van der Waals surface area contributed by atoms with Crippen molar-refractivity contribution in [2.24, 2.45) is 5.41 Å². The van der Waals surface area contributed by atoms with Gasteiger partial charge in [-0.1, -0.05) is 26.0 Å². The molecule has 1 atom stereocenters. The Labute approximate surface area is 127 Å². The van der Waals surface area contributed by atoms with E-state index in [0.717, 1.165) is 18.7 Å². The maximum absolute atomic E-state index is 11.9. The Kier molecular flexibility index (Phi) is 5.76. The Morgan fingerprint density at radius 2 is 1.90 bits per heavy atom. The molecule has 0 aromatic carbocycles. The highest BCUT2D eigenvalue weighted by molar-refractivity contribution is 7.54. The zero-order valence-electron chi connectivity index (χ0n) is 14.0. The molecule has 0 aliphatic rings. The van der Waals surface area contributed by atoms with E-state index in [1.54, 1.807) is 20.8 Å². The van der Waals surface area contributed by atoms with Crippen molar-refractivity contribution in [3.8, 4) is 0 Å². The fraction of sp³-hybridized carbons (Fsp3) is 0.857. The summed E-state index contributed by atoms with van der Waals surface area (Å²) in [7, 11) is -3.60. The number of hydrogen-bond donors (Lipinski definition) is 1. The minimum absolute atomic E-state index is 0.170. The predicted octanol–water partition coefficient (Wildman–Crippen LogP) is 3.26. The third-order valence-electron chi connectivity index (χ3n) is 3.15. The summed E-state index contributed by atoms with van der Waals surface area (Å²) >= 11 is 0. The molecule has 21 heavy (non-hydrogen) atoms. The molecule has 0 saturated heterocycles. The molecule has 0 aliphatic heterocycles. The van der Waals surface area contributed by atoms with Gasteiger partial charge in [0.2, 0.25) is 0 Å². The molecule has 1 rings (SSSR count). The average molecular weight is 317 g/mol. The van der Waals surface area contributed by atoms with Gasteiger partial charge in [-0.15, -0.1) is 5.10 Å². The topological polar surface area (TPSA) is 77.2 Å². The highest BCUT2D eigenvalue weighted by Gasteiger charge is 2.35. The van der Waals surface area contributed by atoms with Gasteiger partial charge in [-0.2, -0.15) is 0 Å². The highest BCUT2D eigenvalue weighted by Crippen LogP contribution is 2.54. The Hall–Kier alpha value is -0.710. The van der Waals surface area contributed by atoms with Crippen LogP contribution in [-0.4, -0.2) is 31.7 Å². The molecule has 0 radical (unpaired) electrons. The van der Waals surface area contributed by atoms with Crippen LogP contribution in [0.2, 0.25) is 0 Å². The third kappa shape index (κ3) is 6.29. The van der Waals surface area contributed by atoms with Crippen LogP contribution in [-0.2, 0) is 22.1 Å². The molecule has 1 heterocycles. The number of aryl methyl sites for hydroxylation is 1. The van der Waals surface area contributed by atoms with Gasteiger partial charge >= 0.3 is 7.60 Å². The van der Waals surface area contributed by atoms with Crippen molar-refractivity contribution in [1.29, 1.82) is 0 Å². The molecule has 0 spiro atoms. The van der Waals surface area contributed by atoms with E-state index < -0.39 is 12.8 Å². The summed E-state index contributed by atoms with van der Waals surface area (Å²) in [6.45, 7) is 12.6. The number of rotatable bonds is 6. The molecule has 0 saturated carbocycles. The van der Waals surface area contributed by atoms with Crippen molar-refractivity contribution in [2.75, 3.05) is 6.61 Å². The number of aromatic nitrogens is 3. The van der Waals surface area contributed by atoms with Crippen LogP contribution in [0.15, 0.2) is 6.20 Å². The van der Waals surface area contributed by atoms with Crippen LogP contribution in [0.1, 0.15) is 53.7 Å². The van der Waals surface area contributed by atoms with Crippen LogP contribution in [0.25, 0.3) is 0 Å². The summed E-state index contributed by atoms with van der Waals surface area (Å²) in [6, 6.07) is 0. The zero-order valence-corrected chi connectivity index (χ0v) is 14.9. The van der Waals surface area contributed by atoms with Gasteiger partial charge in [-0.25, -0.2) is 0 Å². The first kappa shape index (κ1) is 18.3. The van der Waals surface area contributed by atoms with Crippen molar-refractivity contribution in [3.05, 3.63) is 11.9 Å². The normalized spacial score (nSPS) is 16.0. The van der Waals surface area contributed by atoms with Gasteiger partial charge in [-0.05, 0) is 32.6 Å². The van der Waals surface area contributed by atoms with Crippen molar-refractivity contribution in [3.63, 3.8) is 0 Å². The Bertz CT molecular complexity index is 500. The van der Waals surface area contributed by atoms with Gasteiger partial charge in [0.1, 0.15) is 0 Å². The van der Waals surface area contributed by atoms with Crippen LogP contribution in [0.3, 0.4) is 0 Å². The summed E-state index contributed by atoms with van der Waals surface area (Å²) in [5.41, 5.74) is 1.03. The van der Waals surface area contributed by atoms with E-state index >= 15 is 0 Å². The van der Waals surface area contributed by atoms with Crippen LogP contribution in [0.4, 0.5) is 0 Å². The molecule has 0 fully saturated rings. The number of nitrogens with zero attached hydrogens (tertiary/aromatic N) is 3. The second-order valence-corrected chi connectivity index (χ2v) is 10.2. The van der Waals surface area contributed by atoms with E-state index in [1.165, 1.54) is 0 Å². The summed E-state index contributed by atoms with van der Waals surface area (Å²) < 4.78 is 18.9. The van der Waals surface area contributed by atoms with Crippen LogP contribution in [0, 0.1) is 5.41 Å². The lowest BCUT2D eigenvalue weighted by molar-refractivity contribution is 0.244. The summed E-state index contributed by atoms with van der Waals surface area (Å²) in [6.07, 6.45) is 3.37. The van der Waals surface area contributed by atoms with Gasteiger partial charge in [-0.3, -0.25) is 9.25 Å². The average Bonchev–Trinajstić information content (AvgIpc) is 2.71. The quantitative estimate of drug-likeness (QED) is 0.815. The molecule has 0 amide bonds. The second kappa shape index (κ2) is 6.59. The van der Waals surface area contributed by atoms with Crippen molar-refractivity contribution in [2.45, 2.75) is 66.1 Å². The molecule has 6 nitrogen and oxygen atoms in total. The minimum atomic E-state index is -3.60. The minimum Gasteiger partial charge on any atom is -0.324 e. The van der Waals surface area contributed by atoms with Gasteiger partial charge in [0, 0.05) is 19.2 Å². The fourth-order valence-corrected chi connectivity index (χ4v) is 2.21. The van der Waals surface area contributed by atoms with Crippen molar-refractivity contribution in [1.82, 2.24) is 15.0 Å². The van der Waals surface area contributed by atoms with Crippen LogP contribution in [0.5, 0.6) is 0 Å². The Morgan fingerprint density at radius 3 is 2.43 bits per heavy atom. The van der Waals surface area contributed by atoms with E-state index in [-0.39, 0.29) is 12.0 Å². The first-order valence-electron chi connectivity index (χ1n) is 7.27. The first-order valence-corrected chi connectivity index (χ1v) is 8.85. The van der Waals surface area contributed by atoms with Gasteiger partial charge < -0.3 is 9.42 Å². The molecule has 1 N–H and O–H groups in total. The van der Waals surface area contributed by atoms with Crippen LogP contribution >= 0.6 is 7.60 Å².